The first-order valence-electron chi connectivity index (χ1n) is 3.82. The van der Waals surface area contributed by atoms with Gasteiger partial charge in [-0.3, -0.25) is 4.79 Å². The molecule has 0 aromatic carbocycles. The van der Waals surface area contributed by atoms with Crippen LogP contribution in [0.25, 0.3) is 0 Å². The Morgan fingerprint density at radius 3 is 2.92 bits per heavy atom. The van der Waals surface area contributed by atoms with Crippen molar-refractivity contribution in [2.45, 2.75) is 19.1 Å². The van der Waals surface area contributed by atoms with Crippen molar-refractivity contribution >= 4 is 5.91 Å². The molecule has 1 heterocycles. The fourth-order valence-electron chi connectivity index (χ4n) is 1.26. The van der Waals surface area contributed by atoms with E-state index in [1.807, 2.05) is 5.92 Å². The van der Waals surface area contributed by atoms with Crippen LogP contribution in [0.2, 0.25) is 0 Å². The molecule has 0 unspecified atom stereocenters. The molecule has 1 rings (SSSR count). The number of hydrogen-bond acceptors (Lipinski definition) is 2. The standard InChI is InChI=1S/C8H9F2NO2/c1-2-7(12)11-4-3-6(5-11)13-8(9)10/h1,6,8H,3-5H2/t6-/m1/s1. The lowest BCUT2D eigenvalue weighted by atomic mass is 10.3. The van der Waals surface area contributed by atoms with Crippen LogP contribution in [0.4, 0.5) is 8.78 Å². The van der Waals surface area contributed by atoms with Crippen LogP contribution in [0.1, 0.15) is 6.42 Å². The average Bonchev–Trinajstić information content (AvgIpc) is 2.50. The first kappa shape index (κ1) is 9.93. The highest BCUT2D eigenvalue weighted by Gasteiger charge is 2.27. The number of halogens is 2. The Morgan fingerprint density at radius 1 is 1.69 bits per heavy atom. The normalized spacial score (nSPS) is 22.0. The first-order valence-corrected chi connectivity index (χ1v) is 3.82. The van der Waals surface area contributed by atoms with Crippen LogP contribution < -0.4 is 0 Å². The summed E-state index contributed by atoms with van der Waals surface area (Å²) in [7, 11) is 0. The van der Waals surface area contributed by atoms with E-state index in [1.54, 1.807) is 0 Å². The van der Waals surface area contributed by atoms with Crippen molar-refractivity contribution in [2.24, 2.45) is 0 Å². The molecule has 0 aliphatic carbocycles. The van der Waals surface area contributed by atoms with E-state index >= 15 is 0 Å². The summed E-state index contributed by atoms with van der Waals surface area (Å²) in [5, 5.41) is 0. The summed E-state index contributed by atoms with van der Waals surface area (Å²) in [6.07, 6.45) is 4.70. The van der Waals surface area contributed by atoms with E-state index < -0.39 is 18.6 Å². The molecule has 0 radical (unpaired) electrons. The number of nitrogens with zero attached hydrogens (tertiary/aromatic N) is 1. The van der Waals surface area contributed by atoms with Crippen LogP contribution in [0, 0.1) is 12.3 Å². The fourth-order valence-corrected chi connectivity index (χ4v) is 1.26. The Labute approximate surface area is 74.7 Å². The van der Waals surface area contributed by atoms with Gasteiger partial charge in [-0.2, -0.15) is 8.78 Å². The van der Waals surface area contributed by atoms with Crippen LogP contribution in [0.3, 0.4) is 0 Å². The molecule has 1 atom stereocenters. The van der Waals surface area contributed by atoms with Gasteiger partial charge < -0.3 is 9.64 Å². The third-order valence-corrected chi connectivity index (χ3v) is 1.85. The summed E-state index contributed by atoms with van der Waals surface area (Å²) in [4.78, 5) is 12.2. The largest absolute Gasteiger partial charge is 0.345 e. The van der Waals surface area contributed by atoms with Gasteiger partial charge in [0.2, 0.25) is 0 Å². The van der Waals surface area contributed by atoms with Crippen LogP contribution in [-0.4, -0.2) is 36.6 Å². The highest BCUT2D eigenvalue weighted by molar-refractivity contribution is 5.93. The molecule has 0 aromatic heterocycles. The van der Waals surface area contributed by atoms with Gasteiger partial charge in [0.05, 0.1) is 6.10 Å². The summed E-state index contributed by atoms with van der Waals surface area (Å²) in [6.45, 7) is -2.24. The Morgan fingerprint density at radius 2 is 2.38 bits per heavy atom. The summed E-state index contributed by atoms with van der Waals surface area (Å²) in [5.41, 5.74) is 0. The van der Waals surface area contributed by atoms with E-state index in [-0.39, 0.29) is 6.54 Å². The summed E-state index contributed by atoms with van der Waals surface area (Å²) in [5.74, 6) is 1.45. The van der Waals surface area contributed by atoms with Gasteiger partial charge >= 0.3 is 6.61 Å². The van der Waals surface area contributed by atoms with Gasteiger partial charge in [-0.25, -0.2) is 0 Å². The Balaban J connectivity index is 2.37. The lowest BCUT2D eigenvalue weighted by Crippen LogP contribution is -2.29. The molecule has 1 aliphatic rings. The number of terminal acetylenes is 1. The minimum Gasteiger partial charge on any atom is -0.329 e. The zero-order valence-electron chi connectivity index (χ0n) is 6.87. The molecule has 0 N–H and O–H groups in total. The number of ether oxygens (including phenoxy) is 1. The molecule has 0 spiro atoms. The predicted molar refractivity (Wildman–Crippen MR) is 40.9 cm³/mol. The number of likely N-dealkylation sites (tertiary alicyclic amines) is 1. The predicted octanol–water partition coefficient (Wildman–Crippen LogP) is 0.460. The Kier molecular flexibility index (Phi) is 3.20. The number of carbonyl (C=O) groups excluding carboxylic acids is 1. The van der Waals surface area contributed by atoms with E-state index in [0.717, 1.165) is 0 Å². The van der Waals surface area contributed by atoms with Gasteiger partial charge in [-0.1, -0.05) is 0 Å². The highest BCUT2D eigenvalue weighted by atomic mass is 19.3. The quantitative estimate of drug-likeness (QED) is 0.590. The molecule has 13 heavy (non-hydrogen) atoms. The molecule has 1 aliphatic heterocycles. The van der Waals surface area contributed by atoms with E-state index in [4.69, 9.17) is 6.42 Å². The molecule has 1 amide bonds. The summed E-state index contributed by atoms with van der Waals surface area (Å²) >= 11 is 0. The molecule has 1 fully saturated rings. The highest BCUT2D eigenvalue weighted by Crippen LogP contribution is 2.15. The van der Waals surface area contributed by atoms with E-state index in [2.05, 4.69) is 4.74 Å². The van der Waals surface area contributed by atoms with E-state index in [0.29, 0.717) is 13.0 Å². The van der Waals surface area contributed by atoms with Crippen molar-refractivity contribution in [1.29, 1.82) is 0 Å². The molecular formula is C8H9F2NO2. The second kappa shape index (κ2) is 4.19. The second-order valence-corrected chi connectivity index (χ2v) is 2.70. The zero-order chi connectivity index (χ0) is 9.84. The van der Waals surface area contributed by atoms with Gasteiger partial charge in [0.25, 0.3) is 5.91 Å². The number of alkyl halides is 2. The van der Waals surface area contributed by atoms with Crippen LogP contribution in [0.5, 0.6) is 0 Å². The molecular weight excluding hydrogens is 180 g/mol. The van der Waals surface area contributed by atoms with Crippen LogP contribution >= 0.6 is 0 Å². The van der Waals surface area contributed by atoms with Crippen molar-refractivity contribution in [3.8, 4) is 12.3 Å². The number of carbonyl (C=O) groups is 1. The minimum atomic E-state index is -2.79. The third-order valence-electron chi connectivity index (χ3n) is 1.85. The van der Waals surface area contributed by atoms with Crippen molar-refractivity contribution in [3.63, 3.8) is 0 Å². The van der Waals surface area contributed by atoms with Crippen molar-refractivity contribution in [3.05, 3.63) is 0 Å². The second-order valence-electron chi connectivity index (χ2n) is 2.70. The Bertz CT molecular complexity index is 237. The third kappa shape index (κ3) is 2.67. The number of rotatable bonds is 2. The van der Waals surface area contributed by atoms with Gasteiger partial charge in [0.15, 0.2) is 0 Å². The number of hydrogen-bond donors (Lipinski definition) is 0. The lowest BCUT2D eigenvalue weighted by molar-refractivity contribution is -0.159. The molecule has 5 heteroatoms. The average molecular weight is 189 g/mol. The maximum Gasteiger partial charge on any atom is 0.345 e. The fraction of sp³-hybridized carbons (Fsp3) is 0.625. The Hall–Kier alpha value is -1.15. The molecule has 1 saturated heterocycles. The maximum atomic E-state index is 11.7. The van der Waals surface area contributed by atoms with Gasteiger partial charge in [-0.15, -0.1) is 6.42 Å². The van der Waals surface area contributed by atoms with E-state index in [9.17, 15) is 13.6 Å². The zero-order valence-corrected chi connectivity index (χ0v) is 6.87. The monoisotopic (exact) mass is 189 g/mol. The van der Waals surface area contributed by atoms with Gasteiger partial charge in [0.1, 0.15) is 0 Å². The van der Waals surface area contributed by atoms with Crippen LogP contribution in [-0.2, 0) is 9.53 Å². The van der Waals surface area contributed by atoms with Crippen molar-refractivity contribution in [1.82, 2.24) is 4.90 Å². The molecule has 0 bridgehead atoms. The van der Waals surface area contributed by atoms with Crippen LogP contribution in [0.15, 0.2) is 0 Å². The minimum absolute atomic E-state index is 0.160. The summed E-state index contributed by atoms with van der Waals surface area (Å²) < 4.78 is 27.7. The molecule has 0 aromatic rings. The topological polar surface area (TPSA) is 29.5 Å². The lowest BCUT2D eigenvalue weighted by Gasteiger charge is -2.12. The summed E-state index contributed by atoms with van der Waals surface area (Å²) in [6, 6.07) is 0. The SMILES string of the molecule is C#CC(=O)N1CC[C@@H](OC(F)F)C1. The molecule has 3 nitrogen and oxygen atoms in total. The molecule has 0 saturated carbocycles. The van der Waals surface area contributed by atoms with Crippen molar-refractivity contribution in [2.75, 3.05) is 13.1 Å². The van der Waals surface area contributed by atoms with E-state index in [1.165, 1.54) is 4.90 Å². The smallest absolute Gasteiger partial charge is 0.329 e. The first-order chi connectivity index (χ1) is 6.13. The van der Waals surface area contributed by atoms with Crippen molar-refractivity contribution < 1.29 is 18.3 Å². The van der Waals surface area contributed by atoms with Gasteiger partial charge in [-0.05, 0) is 12.3 Å². The maximum absolute atomic E-state index is 11.7. The number of amides is 1. The van der Waals surface area contributed by atoms with Gasteiger partial charge in [0, 0.05) is 13.1 Å². The molecule has 72 valence electrons.